The van der Waals surface area contributed by atoms with Gasteiger partial charge in [-0.2, -0.15) is 5.26 Å². The van der Waals surface area contributed by atoms with E-state index in [2.05, 4.69) is 16.4 Å². The first-order valence-electron chi connectivity index (χ1n) is 6.96. The van der Waals surface area contributed by atoms with Gasteiger partial charge in [0.2, 0.25) is 0 Å². The Morgan fingerprint density at radius 3 is 2.86 bits per heavy atom. The van der Waals surface area contributed by atoms with Gasteiger partial charge in [0.15, 0.2) is 0 Å². The number of nitrogens with zero attached hydrogens (tertiary/aromatic N) is 2. The number of methoxy groups -OCH3 is 1. The molecule has 0 saturated heterocycles. The van der Waals surface area contributed by atoms with Crippen LogP contribution in [0.1, 0.15) is 11.1 Å². The van der Waals surface area contributed by atoms with Gasteiger partial charge >= 0.3 is 0 Å². The van der Waals surface area contributed by atoms with E-state index in [1.807, 2.05) is 48.5 Å². The number of rotatable bonds is 4. The van der Waals surface area contributed by atoms with Crippen molar-refractivity contribution in [3.05, 3.63) is 65.9 Å². The quantitative estimate of drug-likeness (QED) is 0.795. The number of para-hydroxylation sites is 1. The minimum absolute atomic E-state index is 0.543. The van der Waals surface area contributed by atoms with Crippen molar-refractivity contribution in [2.45, 2.75) is 6.54 Å². The molecule has 1 heterocycles. The first-order valence-corrected chi connectivity index (χ1v) is 6.96. The maximum atomic E-state index is 9.31. The van der Waals surface area contributed by atoms with E-state index in [9.17, 15) is 5.26 Å². The summed E-state index contributed by atoms with van der Waals surface area (Å²) < 4.78 is 5.23. The van der Waals surface area contributed by atoms with Crippen LogP contribution < -0.4 is 10.1 Å². The summed E-state index contributed by atoms with van der Waals surface area (Å²) in [5.74, 6) is 0.819. The highest BCUT2D eigenvalue weighted by Gasteiger charge is 2.08. The molecule has 0 aliphatic rings. The molecule has 22 heavy (non-hydrogen) atoms. The van der Waals surface area contributed by atoms with Crippen molar-refractivity contribution in [2.24, 2.45) is 0 Å². The molecule has 1 N–H and O–H groups in total. The first-order chi connectivity index (χ1) is 10.8. The zero-order chi connectivity index (χ0) is 15.4. The second-order valence-corrected chi connectivity index (χ2v) is 4.88. The summed E-state index contributed by atoms with van der Waals surface area (Å²) in [6, 6.07) is 17.8. The molecule has 2 aromatic carbocycles. The topological polar surface area (TPSA) is 57.9 Å². The third-order valence-electron chi connectivity index (χ3n) is 3.50. The highest BCUT2D eigenvalue weighted by Crippen LogP contribution is 2.26. The van der Waals surface area contributed by atoms with Crippen molar-refractivity contribution in [1.82, 2.24) is 4.98 Å². The number of hydrogen-bond acceptors (Lipinski definition) is 4. The van der Waals surface area contributed by atoms with Gasteiger partial charge < -0.3 is 10.1 Å². The van der Waals surface area contributed by atoms with Crippen LogP contribution in [-0.2, 0) is 6.54 Å². The smallest absolute Gasteiger partial charge is 0.119 e. The van der Waals surface area contributed by atoms with Crippen molar-refractivity contribution in [2.75, 3.05) is 12.4 Å². The number of anilines is 1. The van der Waals surface area contributed by atoms with Gasteiger partial charge in [-0.15, -0.1) is 0 Å². The molecule has 0 atom stereocenters. The fourth-order valence-corrected chi connectivity index (χ4v) is 2.39. The number of nitrogens with one attached hydrogen (secondary N) is 1. The molecule has 0 saturated carbocycles. The molecule has 0 aliphatic heterocycles. The van der Waals surface area contributed by atoms with Gasteiger partial charge in [0, 0.05) is 18.1 Å². The Kier molecular flexibility index (Phi) is 3.88. The normalized spacial score (nSPS) is 10.2. The first kappa shape index (κ1) is 13.9. The van der Waals surface area contributed by atoms with Gasteiger partial charge in [-0.25, -0.2) is 0 Å². The molecule has 0 radical (unpaired) electrons. The largest absolute Gasteiger partial charge is 0.497 e. The third-order valence-corrected chi connectivity index (χ3v) is 3.50. The number of nitriles is 1. The summed E-state index contributed by atoms with van der Waals surface area (Å²) in [7, 11) is 1.65. The molecule has 0 amide bonds. The van der Waals surface area contributed by atoms with E-state index in [-0.39, 0.29) is 0 Å². The van der Waals surface area contributed by atoms with Crippen molar-refractivity contribution < 1.29 is 4.74 Å². The third kappa shape index (κ3) is 2.70. The molecular weight excluding hydrogens is 274 g/mol. The van der Waals surface area contributed by atoms with Gasteiger partial charge in [-0.05, 0) is 23.8 Å². The Balaban J connectivity index is 1.94. The Morgan fingerprint density at radius 2 is 2.05 bits per heavy atom. The fraction of sp³-hybridized carbons (Fsp3) is 0.111. The molecule has 0 spiro atoms. The number of hydrogen-bond donors (Lipinski definition) is 1. The second-order valence-electron chi connectivity index (χ2n) is 4.88. The summed E-state index contributed by atoms with van der Waals surface area (Å²) in [6.07, 6.45) is 1.61. The number of fused-ring (bicyclic) bond motifs is 1. The Bertz CT molecular complexity index is 852. The van der Waals surface area contributed by atoms with E-state index in [0.717, 1.165) is 27.9 Å². The number of benzene rings is 2. The van der Waals surface area contributed by atoms with Crippen LogP contribution in [0.2, 0.25) is 0 Å². The molecule has 4 nitrogen and oxygen atoms in total. The van der Waals surface area contributed by atoms with E-state index >= 15 is 0 Å². The van der Waals surface area contributed by atoms with Crippen LogP contribution in [0.5, 0.6) is 5.75 Å². The zero-order valence-corrected chi connectivity index (χ0v) is 12.2. The van der Waals surface area contributed by atoms with E-state index in [0.29, 0.717) is 12.1 Å². The maximum Gasteiger partial charge on any atom is 0.119 e. The number of ether oxygens (including phenoxy) is 1. The maximum absolute atomic E-state index is 9.31. The minimum atomic E-state index is 0.543. The van der Waals surface area contributed by atoms with Crippen molar-refractivity contribution in [3.8, 4) is 11.8 Å². The molecule has 1 aromatic heterocycles. The minimum Gasteiger partial charge on any atom is -0.497 e. The van der Waals surface area contributed by atoms with Gasteiger partial charge in [0.1, 0.15) is 11.8 Å². The fourth-order valence-electron chi connectivity index (χ4n) is 2.39. The lowest BCUT2D eigenvalue weighted by Crippen LogP contribution is -2.03. The molecule has 108 valence electrons. The standard InChI is InChI=1S/C18H15N3O/c1-22-15-6-4-5-13(9-15)11-21-18-14(10-19)12-20-17-8-3-2-7-16(17)18/h2-9,12H,11H2,1H3,(H,20,21). The molecule has 0 unspecified atom stereocenters. The van der Waals surface area contributed by atoms with Crippen LogP contribution in [0.25, 0.3) is 10.9 Å². The predicted molar refractivity (Wildman–Crippen MR) is 86.8 cm³/mol. The molecule has 4 heteroatoms. The average molecular weight is 289 g/mol. The van der Waals surface area contributed by atoms with E-state index < -0.39 is 0 Å². The van der Waals surface area contributed by atoms with E-state index in [4.69, 9.17) is 4.74 Å². The van der Waals surface area contributed by atoms with Crippen LogP contribution >= 0.6 is 0 Å². The summed E-state index contributed by atoms with van der Waals surface area (Å²) in [5.41, 5.74) is 3.32. The van der Waals surface area contributed by atoms with Crippen molar-refractivity contribution >= 4 is 16.6 Å². The lowest BCUT2D eigenvalue weighted by atomic mass is 10.1. The van der Waals surface area contributed by atoms with Gasteiger partial charge in [0.05, 0.1) is 23.9 Å². The Hall–Kier alpha value is -3.06. The van der Waals surface area contributed by atoms with Crippen LogP contribution in [0.3, 0.4) is 0 Å². The predicted octanol–water partition coefficient (Wildman–Crippen LogP) is 3.73. The van der Waals surface area contributed by atoms with Crippen molar-refractivity contribution in [1.29, 1.82) is 5.26 Å². The highest BCUT2D eigenvalue weighted by molar-refractivity contribution is 5.93. The highest BCUT2D eigenvalue weighted by atomic mass is 16.5. The van der Waals surface area contributed by atoms with E-state index in [1.54, 1.807) is 13.3 Å². The monoisotopic (exact) mass is 289 g/mol. The van der Waals surface area contributed by atoms with Gasteiger partial charge in [0.25, 0.3) is 0 Å². The van der Waals surface area contributed by atoms with Crippen molar-refractivity contribution in [3.63, 3.8) is 0 Å². The second kappa shape index (κ2) is 6.15. The molecule has 3 aromatic rings. The molecule has 0 aliphatic carbocycles. The summed E-state index contributed by atoms with van der Waals surface area (Å²) in [6.45, 7) is 0.611. The Labute approximate surface area is 129 Å². The van der Waals surface area contributed by atoms with Crippen LogP contribution in [0.4, 0.5) is 5.69 Å². The van der Waals surface area contributed by atoms with Crippen LogP contribution in [0, 0.1) is 11.3 Å². The van der Waals surface area contributed by atoms with Crippen LogP contribution in [0.15, 0.2) is 54.7 Å². The average Bonchev–Trinajstić information content (AvgIpc) is 2.59. The number of pyridine rings is 1. The summed E-state index contributed by atoms with van der Waals surface area (Å²) >= 11 is 0. The van der Waals surface area contributed by atoms with Gasteiger partial charge in [-0.3, -0.25) is 4.98 Å². The van der Waals surface area contributed by atoms with Crippen LogP contribution in [-0.4, -0.2) is 12.1 Å². The summed E-state index contributed by atoms with van der Waals surface area (Å²) in [4.78, 5) is 4.31. The summed E-state index contributed by atoms with van der Waals surface area (Å²) in [5, 5.41) is 13.6. The van der Waals surface area contributed by atoms with Gasteiger partial charge in [-0.1, -0.05) is 30.3 Å². The number of aromatic nitrogens is 1. The molecule has 0 fully saturated rings. The zero-order valence-electron chi connectivity index (χ0n) is 12.2. The molecule has 3 rings (SSSR count). The molecule has 0 bridgehead atoms. The lowest BCUT2D eigenvalue weighted by molar-refractivity contribution is 0.414. The molecular formula is C18H15N3O. The SMILES string of the molecule is COc1cccc(CNc2c(C#N)cnc3ccccc23)c1. The van der Waals surface area contributed by atoms with E-state index in [1.165, 1.54) is 0 Å². The lowest BCUT2D eigenvalue weighted by Gasteiger charge is -2.12. The Morgan fingerprint density at radius 1 is 1.18 bits per heavy atom.